The van der Waals surface area contributed by atoms with E-state index in [1.807, 2.05) is 0 Å². The van der Waals surface area contributed by atoms with Crippen molar-refractivity contribution >= 4 is 35.2 Å². The summed E-state index contributed by atoms with van der Waals surface area (Å²) in [7, 11) is 0. The van der Waals surface area contributed by atoms with Crippen LogP contribution in [0, 0.1) is 10.1 Å². The van der Waals surface area contributed by atoms with Crippen molar-refractivity contribution in [2.24, 2.45) is 0 Å². The molecule has 0 bridgehead atoms. The van der Waals surface area contributed by atoms with Crippen LogP contribution in [-0.2, 0) is 4.79 Å². The van der Waals surface area contributed by atoms with E-state index in [1.54, 1.807) is 0 Å². The SMILES string of the molecule is CC(CC(=O)N(C(=O)c1c(Cl)cccc1[N+](=O)[O-])C1CC1)NC(=O)O. The second-order valence-electron chi connectivity index (χ2n) is 5.75. The number of imide groups is 1. The number of carbonyl (C=O) groups is 3. The second-order valence-corrected chi connectivity index (χ2v) is 6.15. The quantitative estimate of drug-likeness (QED) is 0.585. The summed E-state index contributed by atoms with van der Waals surface area (Å²) in [4.78, 5) is 47.3. The van der Waals surface area contributed by atoms with Crippen LogP contribution in [0.2, 0.25) is 5.02 Å². The van der Waals surface area contributed by atoms with Crippen molar-refractivity contribution < 1.29 is 24.4 Å². The minimum atomic E-state index is -1.29. The Morgan fingerprint density at radius 1 is 1.44 bits per heavy atom. The molecule has 0 radical (unpaired) electrons. The van der Waals surface area contributed by atoms with Gasteiger partial charge >= 0.3 is 6.09 Å². The molecule has 2 rings (SSSR count). The Bertz CT molecular complexity index is 734. The van der Waals surface area contributed by atoms with Crippen LogP contribution in [0.4, 0.5) is 10.5 Å². The van der Waals surface area contributed by atoms with Crippen molar-refractivity contribution in [3.8, 4) is 0 Å². The van der Waals surface area contributed by atoms with Gasteiger partial charge in [-0.1, -0.05) is 17.7 Å². The first-order chi connectivity index (χ1) is 11.7. The fraction of sp³-hybridized carbons (Fsp3) is 0.400. The fourth-order valence-corrected chi connectivity index (χ4v) is 2.68. The van der Waals surface area contributed by atoms with Gasteiger partial charge in [-0.2, -0.15) is 0 Å². The highest BCUT2D eigenvalue weighted by atomic mass is 35.5. The third-order valence-electron chi connectivity index (χ3n) is 3.65. The van der Waals surface area contributed by atoms with Gasteiger partial charge in [-0.25, -0.2) is 4.79 Å². The zero-order valence-electron chi connectivity index (χ0n) is 13.3. The number of rotatable bonds is 6. The van der Waals surface area contributed by atoms with Crippen LogP contribution in [-0.4, -0.2) is 44.9 Å². The van der Waals surface area contributed by atoms with Crippen molar-refractivity contribution in [2.75, 3.05) is 0 Å². The number of nitrogens with one attached hydrogen (secondary N) is 1. The third kappa shape index (κ3) is 4.44. The van der Waals surface area contributed by atoms with Gasteiger partial charge in [0, 0.05) is 24.6 Å². The summed E-state index contributed by atoms with van der Waals surface area (Å²) in [6, 6.07) is 2.77. The lowest BCUT2D eigenvalue weighted by Gasteiger charge is -2.22. The molecule has 1 aliphatic carbocycles. The Labute approximate surface area is 147 Å². The van der Waals surface area contributed by atoms with Crippen molar-refractivity contribution in [2.45, 2.75) is 38.3 Å². The molecule has 0 saturated heterocycles. The van der Waals surface area contributed by atoms with Gasteiger partial charge in [0.2, 0.25) is 5.91 Å². The number of benzene rings is 1. The average molecular weight is 370 g/mol. The monoisotopic (exact) mass is 369 g/mol. The molecule has 134 valence electrons. The number of nitro benzene ring substituents is 1. The van der Waals surface area contributed by atoms with Crippen LogP contribution in [0.3, 0.4) is 0 Å². The lowest BCUT2D eigenvalue weighted by Crippen LogP contribution is -2.43. The number of amides is 3. The number of carbonyl (C=O) groups excluding carboxylic acids is 2. The molecule has 0 heterocycles. The average Bonchev–Trinajstić information content (AvgIpc) is 3.30. The zero-order chi connectivity index (χ0) is 18.7. The van der Waals surface area contributed by atoms with Gasteiger partial charge in [0.25, 0.3) is 11.6 Å². The van der Waals surface area contributed by atoms with E-state index in [0.717, 1.165) is 11.0 Å². The van der Waals surface area contributed by atoms with Crippen LogP contribution in [0.25, 0.3) is 0 Å². The topological polar surface area (TPSA) is 130 Å². The predicted molar refractivity (Wildman–Crippen MR) is 87.5 cm³/mol. The molecule has 0 aliphatic heterocycles. The summed E-state index contributed by atoms with van der Waals surface area (Å²) in [6.45, 7) is 1.49. The lowest BCUT2D eigenvalue weighted by atomic mass is 10.1. The Hall–Kier alpha value is -2.68. The molecule has 3 amide bonds. The van der Waals surface area contributed by atoms with Gasteiger partial charge in [0.15, 0.2) is 0 Å². The Balaban J connectivity index is 2.29. The van der Waals surface area contributed by atoms with E-state index in [0.29, 0.717) is 12.8 Å². The molecule has 0 aromatic heterocycles. The summed E-state index contributed by atoms with van der Waals surface area (Å²) in [5, 5.41) is 21.9. The molecule has 1 saturated carbocycles. The van der Waals surface area contributed by atoms with E-state index in [1.165, 1.54) is 19.1 Å². The first-order valence-corrected chi connectivity index (χ1v) is 7.89. The predicted octanol–water partition coefficient (Wildman–Crippen LogP) is 2.43. The molecule has 1 unspecified atom stereocenters. The molecule has 1 aromatic rings. The maximum absolute atomic E-state index is 12.8. The number of nitrogens with zero attached hydrogens (tertiary/aromatic N) is 2. The second kappa shape index (κ2) is 7.47. The first-order valence-electron chi connectivity index (χ1n) is 7.51. The molecule has 1 atom stereocenters. The van der Waals surface area contributed by atoms with Gasteiger partial charge in [0.1, 0.15) is 5.56 Å². The van der Waals surface area contributed by atoms with Gasteiger partial charge in [-0.05, 0) is 25.8 Å². The number of hydrogen-bond donors (Lipinski definition) is 2. The van der Waals surface area contributed by atoms with Gasteiger partial charge in [-0.15, -0.1) is 0 Å². The molecule has 2 N–H and O–H groups in total. The lowest BCUT2D eigenvalue weighted by molar-refractivity contribution is -0.385. The van der Waals surface area contributed by atoms with Crippen molar-refractivity contribution in [3.05, 3.63) is 38.9 Å². The number of hydrogen-bond acceptors (Lipinski definition) is 5. The highest BCUT2D eigenvalue weighted by Crippen LogP contribution is 2.33. The zero-order valence-corrected chi connectivity index (χ0v) is 14.0. The third-order valence-corrected chi connectivity index (χ3v) is 3.97. The summed E-state index contributed by atoms with van der Waals surface area (Å²) >= 11 is 5.96. The molecule has 25 heavy (non-hydrogen) atoms. The maximum atomic E-state index is 12.8. The molecule has 10 heteroatoms. The van der Waals surface area contributed by atoms with Gasteiger partial charge < -0.3 is 10.4 Å². The molecule has 1 aromatic carbocycles. The van der Waals surface area contributed by atoms with Gasteiger partial charge in [0.05, 0.1) is 9.95 Å². The summed E-state index contributed by atoms with van der Waals surface area (Å²) in [5.41, 5.74) is -0.819. The van der Waals surface area contributed by atoms with E-state index in [-0.39, 0.29) is 23.0 Å². The molecular weight excluding hydrogens is 354 g/mol. The maximum Gasteiger partial charge on any atom is 0.404 e. The van der Waals surface area contributed by atoms with E-state index >= 15 is 0 Å². The summed E-state index contributed by atoms with van der Waals surface area (Å²) in [6.07, 6.45) is -0.342. The largest absolute Gasteiger partial charge is 0.465 e. The number of carboxylic acid groups (broad SMARTS) is 1. The first kappa shape index (κ1) is 18.7. The van der Waals surface area contributed by atoms with Crippen LogP contribution in [0.1, 0.15) is 36.5 Å². The molecule has 1 aliphatic rings. The highest BCUT2D eigenvalue weighted by Gasteiger charge is 2.40. The Morgan fingerprint density at radius 2 is 2.08 bits per heavy atom. The molecule has 1 fully saturated rings. The summed E-state index contributed by atoms with van der Waals surface area (Å²) in [5.74, 6) is -1.45. The van der Waals surface area contributed by atoms with Gasteiger partial charge in [-0.3, -0.25) is 24.6 Å². The van der Waals surface area contributed by atoms with Crippen LogP contribution >= 0.6 is 11.6 Å². The van der Waals surface area contributed by atoms with Crippen molar-refractivity contribution in [3.63, 3.8) is 0 Å². The Kier molecular flexibility index (Phi) is 5.58. The van der Waals surface area contributed by atoms with Crippen molar-refractivity contribution in [1.29, 1.82) is 0 Å². The summed E-state index contributed by atoms with van der Waals surface area (Å²) < 4.78 is 0. The molecular formula is C15H16ClN3O6. The van der Waals surface area contributed by atoms with E-state index < -0.39 is 34.6 Å². The minimum absolute atomic E-state index is 0.116. The number of nitro groups is 1. The Morgan fingerprint density at radius 3 is 2.60 bits per heavy atom. The van der Waals surface area contributed by atoms with Crippen LogP contribution in [0.15, 0.2) is 18.2 Å². The van der Waals surface area contributed by atoms with E-state index in [2.05, 4.69) is 5.32 Å². The fourth-order valence-electron chi connectivity index (χ4n) is 2.43. The van der Waals surface area contributed by atoms with Crippen LogP contribution in [0.5, 0.6) is 0 Å². The minimum Gasteiger partial charge on any atom is -0.465 e. The highest BCUT2D eigenvalue weighted by molar-refractivity contribution is 6.34. The standard InChI is InChI=1S/C15H16ClN3O6/c1-8(17-15(22)23)7-12(20)18(9-5-6-9)14(21)13-10(16)3-2-4-11(13)19(24)25/h2-4,8-9,17H,5-7H2,1H3,(H,22,23). The van der Waals surface area contributed by atoms with E-state index in [4.69, 9.17) is 16.7 Å². The smallest absolute Gasteiger partial charge is 0.404 e. The number of halogens is 1. The van der Waals surface area contributed by atoms with Crippen molar-refractivity contribution in [1.82, 2.24) is 10.2 Å². The van der Waals surface area contributed by atoms with E-state index in [9.17, 15) is 24.5 Å². The molecule has 0 spiro atoms. The molecule has 9 nitrogen and oxygen atoms in total. The normalized spacial score (nSPS) is 14.5. The van der Waals surface area contributed by atoms with Crippen LogP contribution < -0.4 is 5.32 Å².